The lowest BCUT2D eigenvalue weighted by Crippen LogP contribution is -2.10. The smallest absolute Gasteiger partial charge is 0.279 e. The fourth-order valence-corrected chi connectivity index (χ4v) is 2.24. The van der Waals surface area contributed by atoms with Gasteiger partial charge in [0.2, 0.25) is 5.91 Å². The van der Waals surface area contributed by atoms with Gasteiger partial charge in [-0.15, -0.1) is 0 Å². The highest BCUT2D eigenvalue weighted by Gasteiger charge is 2.15. The van der Waals surface area contributed by atoms with Gasteiger partial charge < -0.3 is 10.5 Å². The zero-order valence-corrected chi connectivity index (χ0v) is 11.8. The number of amides is 1. The van der Waals surface area contributed by atoms with Crippen molar-refractivity contribution >= 4 is 22.4 Å². The van der Waals surface area contributed by atoms with Crippen LogP contribution in [0.4, 0.5) is 5.69 Å². The van der Waals surface area contributed by atoms with Gasteiger partial charge in [-0.3, -0.25) is 19.9 Å². The number of benzene rings is 2. The van der Waals surface area contributed by atoms with Gasteiger partial charge in [0.1, 0.15) is 11.5 Å². The number of carbonyl (C=O) groups is 1. The highest BCUT2D eigenvalue weighted by atomic mass is 16.6. The summed E-state index contributed by atoms with van der Waals surface area (Å²) >= 11 is 0. The Hall–Kier alpha value is -3.48. The van der Waals surface area contributed by atoms with Crippen LogP contribution in [0.3, 0.4) is 0 Å². The summed E-state index contributed by atoms with van der Waals surface area (Å²) < 4.78 is 5.76. The second-order valence-corrected chi connectivity index (χ2v) is 4.76. The van der Waals surface area contributed by atoms with Crippen molar-refractivity contribution in [3.8, 4) is 11.5 Å². The largest absolute Gasteiger partial charge is 0.457 e. The molecule has 0 saturated heterocycles. The summed E-state index contributed by atoms with van der Waals surface area (Å²) in [7, 11) is 0. The van der Waals surface area contributed by atoms with E-state index in [4.69, 9.17) is 10.5 Å². The maximum Gasteiger partial charge on any atom is 0.279 e. The predicted molar refractivity (Wildman–Crippen MR) is 83.4 cm³/mol. The van der Waals surface area contributed by atoms with Crippen LogP contribution < -0.4 is 10.5 Å². The van der Waals surface area contributed by atoms with Crippen molar-refractivity contribution in [1.29, 1.82) is 0 Å². The molecule has 0 aliphatic heterocycles. The lowest BCUT2D eigenvalue weighted by Gasteiger charge is -2.09. The Balaban J connectivity index is 2.08. The monoisotopic (exact) mass is 309 g/mol. The molecule has 0 unspecified atom stereocenters. The van der Waals surface area contributed by atoms with E-state index in [1.54, 1.807) is 24.3 Å². The second kappa shape index (κ2) is 5.72. The fourth-order valence-electron chi connectivity index (χ4n) is 2.24. The van der Waals surface area contributed by atoms with E-state index in [9.17, 15) is 14.9 Å². The number of hydrogen-bond donors (Lipinski definition) is 1. The number of aromatic nitrogens is 1. The van der Waals surface area contributed by atoms with E-state index in [2.05, 4.69) is 4.98 Å². The van der Waals surface area contributed by atoms with Crippen molar-refractivity contribution in [2.75, 3.05) is 0 Å². The average Bonchev–Trinajstić information content (AvgIpc) is 2.55. The first-order valence-electron chi connectivity index (χ1n) is 6.65. The van der Waals surface area contributed by atoms with Gasteiger partial charge in [0.15, 0.2) is 0 Å². The highest BCUT2D eigenvalue weighted by molar-refractivity contribution is 5.95. The predicted octanol–water partition coefficient (Wildman–Crippen LogP) is 3.03. The van der Waals surface area contributed by atoms with Crippen molar-refractivity contribution in [2.24, 2.45) is 5.73 Å². The molecule has 3 rings (SSSR count). The molecule has 0 atom stereocenters. The van der Waals surface area contributed by atoms with Gasteiger partial charge in [0.25, 0.3) is 5.69 Å². The normalized spacial score (nSPS) is 10.4. The van der Waals surface area contributed by atoms with Gasteiger partial charge in [0, 0.05) is 29.4 Å². The number of nitro benzene ring substituents is 1. The summed E-state index contributed by atoms with van der Waals surface area (Å²) in [6, 6.07) is 10.9. The van der Waals surface area contributed by atoms with Crippen LogP contribution in [-0.2, 0) is 0 Å². The molecule has 7 nitrogen and oxygen atoms in total. The third-order valence-corrected chi connectivity index (χ3v) is 3.30. The van der Waals surface area contributed by atoms with Crippen LogP contribution in [0.2, 0.25) is 0 Å². The molecule has 2 aromatic carbocycles. The SMILES string of the molecule is NC(=O)c1cccc(Oc2ccc([N+](=O)[O-])c3cnccc23)c1. The number of fused-ring (bicyclic) bond motifs is 1. The van der Waals surface area contributed by atoms with Crippen LogP contribution >= 0.6 is 0 Å². The molecule has 0 spiro atoms. The number of carbonyl (C=O) groups excluding carboxylic acids is 1. The molecule has 3 aromatic rings. The fraction of sp³-hybridized carbons (Fsp3) is 0. The third-order valence-electron chi connectivity index (χ3n) is 3.30. The van der Waals surface area contributed by atoms with Gasteiger partial charge in [-0.1, -0.05) is 6.07 Å². The quantitative estimate of drug-likeness (QED) is 0.588. The Bertz CT molecular complexity index is 924. The number of non-ortho nitro benzene ring substituents is 1. The Kier molecular flexibility index (Phi) is 3.60. The summed E-state index contributed by atoms with van der Waals surface area (Å²) in [5.41, 5.74) is 5.51. The van der Waals surface area contributed by atoms with Crippen LogP contribution in [0, 0.1) is 10.1 Å². The molecule has 23 heavy (non-hydrogen) atoms. The van der Waals surface area contributed by atoms with Gasteiger partial charge in [-0.25, -0.2) is 0 Å². The number of rotatable bonds is 4. The minimum Gasteiger partial charge on any atom is -0.457 e. The molecule has 0 radical (unpaired) electrons. The first-order chi connectivity index (χ1) is 11.1. The van der Waals surface area contributed by atoms with Crippen LogP contribution in [-0.4, -0.2) is 15.8 Å². The highest BCUT2D eigenvalue weighted by Crippen LogP contribution is 2.34. The van der Waals surface area contributed by atoms with Gasteiger partial charge in [0.05, 0.1) is 10.3 Å². The van der Waals surface area contributed by atoms with Gasteiger partial charge in [-0.2, -0.15) is 0 Å². The number of nitrogens with zero attached hydrogens (tertiary/aromatic N) is 2. The molecule has 1 heterocycles. The van der Waals surface area contributed by atoms with Crippen LogP contribution in [0.5, 0.6) is 11.5 Å². The molecular weight excluding hydrogens is 298 g/mol. The van der Waals surface area contributed by atoms with Crippen molar-refractivity contribution in [1.82, 2.24) is 4.98 Å². The van der Waals surface area contributed by atoms with Crippen molar-refractivity contribution in [3.05, 3.63) is 70.5 Å². The van der Waals surface area contributed by atoms with Crippen LogP contribution in [0.15, 0.2) is 54.9 Å². The van der Waals surface area contributed by atoms with Crippen molar-refractivity contribution < 1.29 is 14.5 Å². The van der Waals surface area contributed by atoms with Crippen LogP contribution in [0.1, 0.15) is 10.4 Å². The molecule has 0 fully saturated rings. The molecule has 0 saturated carbocycles. The zero-order chi connectivity index (χ0) is 16.4. The Morgan fingerprint density at radius 3 is 2.74 bits per heavy atom. The average molecular weight is 309 g/mol. The molecule has 1 amide bonds. The van der Waals surface area contributed by atoms with E-state index in [1.165, 1.54) is 30.6 Å². The minimum absolute atomic E-state index is 0.0497. The zero-order valence-electron chi connectivity index (χ0n) is 11.8. The lowest BCUT2D eigenvalue weighted by molar-refractivity contribution is -0.383. The molecule has 0 bridgehead atoms. The van der Waals surface area contributed by atoms with E-state index < -0.39 is 10.8 Å². The molecule has 0 aliphatic carbocycles. The lowest BCUT2D eigenvalue weighted by atomic mass is 10.1. The van der Waals surface area contributed by atoms with E-state index >= 15 is 0 Å². The Morgan fingerprint density at radius 2 is 2.00 bits per heavy atom. The summed E-state index contributed by atoms with van der Waals surface area (Å²) in [5.74, 6) is 0.274. The number of hydrogen-bond acceptors (Lipinski definition) is 5. The molecule has 0 aliphatic rings. The van der Waals surface area contributed by atoms with Crippen molar-refractivity contribution in [2.45, 2.75) is 0 Å². The van der Waals surface area contributed by atoms with E-state index in [0.717, 1.165) is 0 Å². The van der Waals surface area contributed by atoms with Gasteiger partial charge in [-0.05, 0) is 30.3 Å². The molecule has 114 valence electrons. The number of nitro groups is 1. The first kappa shape index (κ1) is 14.5. The third kappa shape index (κ3) is 2.80. The standard InChI is InChI=1S/C16H11N3O4/c17-16(20)10-2-1-3-11(8-10)23-15-5-4-14(19(21)22)13-9-18-7-6-12(13)15/h1-9H,(H2,17,20). The molecule has 1 aromatic heterocycles. The maximum absolute atomic E-state index is 11.2. The number of primary amides is 1. The first-order valence-corrected chi connectivity index (χ1v) is 6.65. The minimum atomic E-state index is -0.562. The molecule has 2 N–H and O–H groups in total. The number of ether oxygens (including phenoxy) is 1. The van der Waals surface area contributed by atoms with Gasteiger partial charge >= 0.3 is 0 Å². The van der Waals surface area contributed by atoms with E-state index in [-0.39, 0.29) is 5.69 Å². The summed E-state index contributed by atoms with van der Waals surface area (Å²) in [6.45, 7) is 0. The van der Waals surface area contributed by atoms with Crippen LogP contribution in [0.25, 0.3) is 10.8 Å². The molecule has 7 heteroatoms. The maximum atomic E-state index is 11.2. The topological polar surface area (TPSA) is 108 Å². The van der Waals surface area contributed by atoms with E-state index in [1.807, 2.05) is 0 Å². The Morgan fingerprint density at radius 1 is 1.17 bits per heavy atom. The summed E-state index contributed by atoms with van der Waals surface area (Å²) in [6.07, 6.45) is 2.94. The summed E-state index contributed by atoms with van der Waals surface area (Å²) in [5, 5.41) is 12.0. The van der Waals surface area contributed by atoms with E-state index in [0.29, 0.717) is 27.8 Å². The second-order valence-electron chi connectivity index (χ2n) is 4.76. The summed E-state index contributed by atoms with van der Waals surface area (Å²) in [4.78, 5) is 25.8. The Labute approximate surface area is 130 Å². The number of nitrogens with two attached hydrogens (primary N) is 1. The molecular formula is C16H11N3O4. The number of pyridine rings is 1. The van der Waals surface area contributed by atoms with Crippen molar-refractivity contribution in [3.63, 3.8) is 0 Å².